The van der Waals surface area contributed by atoms with Crippen molar-refractivity contribution in [3.8, 4) is 0 Å². The second-order valence-electron chi connectivity index (χ2n) is 5.06. The molecule has 2 heterocycles. The van der Waals surface area contributed by atoms with Gasteiger partial charge in [0.1, 0.15) is 22.3 Å². The predicted octanol–water partition coefficient (Wildman–Crippen LogP) is 5.41. The van der Waals surface area contributed by atoms with E-state index in [0.29, 0.717) is 5.69 Å². The molecule has 3 aromatic rings. The number of nitrogens with zero attached hydrogens (tertiary/aromatic N) is 2. The van der Waals surface area contributed by atoms with Crippen LogP contribution in [0.25, 0.3) is 10.2 Å². The highest BCUT2D eigenvalue weighted by Gasteiger charge is 2.14. The number of hydrogen-bond donors (Lipinski definition) is 1. The molecule has 0 radical (unpaired) electrons. The summed E-state index contributed by atoms with van der Waals surface area (Å²) in [6, 6.07) is 4.55. The van der Waals surface area contributed by atoms with Gasteiger partial charge in [-0.15, -0.1) is 11.3 Å². The Morgan fingerprint density at radius 2 is 2.05 bits per heavy atom. The van der Waals surface area contributed by atoms with E-state index in [1.807, 2.05) is 6.92 Å². The molecule has 0 unspecified atom stereocenters. The minimum Gasteiger partial charge on any atom is -0.340 e. The predicted molar refractivity (Wildman–Crippen MR) is 91.0 cm³/mol. The van der Waals surface area contributed by atoms with Crippen molar-refractivity contribution in [2.24, 2.45) is 0 Å². The van der Waals surface area contributed by atoms with Crippen LogP contribution in [0.3, 0.4) is 0 Å². The largest absolute Gasteiger partial charge is 0.340 e. The normalized spacial score (nSPS) is 11.1. The number of benzene rings is 1. The molecular formula is C16H15ClFN3S. The van der Waals surface area contributed by atoms with Crippen LogP contribution >= 0.6 is 22.9 Å². The summed E-state index contributed by atoms with van der Waals surface area (Å²) in [5.74, 6) is 1.09. The van der Waals surface area contributed by atoms with E-state index < -0.39 is 5.82 Å². The SMILES string of the molecule is CCc1nc(Nc2ccc(F)c(Cl)c2)c2c(C)c(C)sc2n1. The summed E-state index contributed by atoms with van der Waals surface area (Å²) >= 11 is 7.51. The summed E-state index contributed by atoms with van der Waals surface area (Å²) in [5.41, 5.74) is 1.87. The minimum absolute atomic E-state index is 0.0873. The van der Waals surface area contributed by atoms with Gasteiger partial charge in [-0.3, -0.25) is 0 Å². The molecule has 0 amide bonds. The van der Waals surface area contributed by atoms with Gasteiger partial charge >= 0.3 is 0 Å². The number of aromatic nitrogens is 2. The average molecular weight is 336 g/mol. The Hall–Kier alpha value is -1.72. The smallest absolute Gasteiger partial charge is 0.143 e. The molecular weight excluding hydrogens is 321 g/mol. The Morgan fingerprint density at radius 3 is 2.73 bits per heavy atom. The second-order valence-corrected chi connectivity index (χ2v) is 6.67. The Kier molecular flexibility index (Phi) is 4.02. The molecule has 114 valence electrons. The topological polar surface area (TPSA) is 37.8 Å². The van der Waals surface area contributed by atoms with Crippen molar-refractivity contribution >= 4 is 44.7 Å². The van der Waals surface area contributed by atoms with Crippen LogP contribution in [0.5, 0.6) is 0 Å². The first-order valence-electron chi connectivity index (χ1n) is 6.98. The van der Waals surface area contributed by atoms with Crippen LogP contribution in [0.15, 0.2) is 18.2 Å². The highest BCUT2D eigenvalue weighted by Crippen LogP contribution is 2.35. The van der Waals surface area contributed by atoms with Crippen molar-refractivity contribution in [3.05, 3.63) is 45.3 Å². The molecule has 2 aromatic heterocycles. The molecule has 0 saturated carbocycles. The quantitative estimate of drug-likeness (QED) is 0.695. The monoisotopic (exact) mass is 335 g/mol. The van der Waals surface area contributed by atoms with Gasteiger partial charge in [0.25, 0.3) is 0 Å². The number of nitrogens with one attached hydrogen (secondary N) is 1. The van der Waals surface area contributed by atoms with Gasteiger partial charge in [0.2, 0.25) is 0 Å². The van der Waals surface area contributed by atoms with Crippen molar-refractivity contribution in [2.75, 3.05) is 5.32 Å². The number of rotatable bonds is 3. The highest BCUT2D eigenvalue weighted by molar-refractivity contribution is 7.18. The first-order valence-corrected chi connectivity index (χ1v) is 8.17. The molecule has 6 heteroatoms. The van der Waals surface area contributed by atoms with Crippen LogP contribution in [0.2, 0.25) is 5.02 Å². The van der Waals surface area contributed by atoms with Crippen LogP contribution in [-0.2, 0) is 6.42 Å². The number of halogens is 2. The zero-order chi connectivity index (χ0) is 15.9. The van der Waals surface area contributed by atoms with E-state index in [1.165, 1.54) is 16.5 Å². The van der Waals surface area contributed by atoms with E-state index in [4.69, 9.17) is 11.6 Å². The van der Waals surface area contributed by atoms with Gasteiger partial charge in [0, 0.05) is 17.0 Å². The van der Waals surface area contributed by atoms with Crippen LogP contribution in [0.1, 0.15) is 23.2 Å². The summed E-state index contributed by atoms with van der Waals surface area (Å²) in [7, 11) is 0. The summed E-state index contributed by atoms with van der Waals surface area (Å²) in [4.78, 5) is 11.4. The summed E-state index contributed by atoms with van der Waals surface area (Å²) < 4.78 is 13.3. The maximum absolute atomic E-state index is 13.3. The molecule has 0 bridgehead atoms. The van der Waals surface area contributed by atoms with E-state index in [0.717, 1.165) is 28.3 Å². The first kappa shape index (κ1) is 15.2. The van der Waals surface area contributed by atoms with E-state index in [-0.39, 0.29) is 5.02 Å². The van der Waals surface area contributed by atoms with Crippen molar-refractivity contribution < 1.29 is 4.39 Å². The van der Waals surface area contributed by atoms with Crippen molar-refractivity contribution in [1.29, 1.82) is 0 Å². The molecule has 3 rings (SSSR count). The second kappa shape index (κ2) is 5.82. The third-order valence-electron chi connectivity index (χ3n) is 3.57. The number of thiophene rings is 1. The van der Waals surface area contributed by atoms with Crippen LogP contribution in [-0.4, -0.2) is 9.97 Å². The Labute approximate surface area is 137 Å². The van der Waals surface area contributed by atoms with Gasteiger partial charge in [-0.25, -0.2) is 14.4 Å². The van der Waals surface area contributed by atoms with Gasteiger partial charge in [0.15, 0.2) is 0 Å². The minimum atomic E-state index is -0.433. The lowest BCUT2D eigenvalue weighted by Gasteiger charge is -2.10. The van der Waals surface area contributed by atoms with Crippen LogP contribution < -0.4 is 5.32 Å². The highest BCUT2D eigenvalue weighted by atomic mass is 35.5. The molecule has 22 heavy (non-hydrogen) atoms. The lowest BCUT2D eigenvalue weighted by molar-refractivity contribution is 0.628. The molecule has 3 nitrogen and oxygen atoms in total. The van der Waals surface area contributed by atoms with Crippen LogP contribution in [0.4, 0.5) is 15.9 Å². The summed E-state index contributed by atoms with van der Waals surface area (Å²) in [5, 5.41) is 4.35. The van der Waals surface area contributed by atoms with Gasteiger partial charge in [-0.1, -0.05) is 18.5 Å². The molecule has 0 saturated heterocycles. The van der Waals surface area contributed by atoms with Gasteiger partial charge < -0.3 is 5.32 Å². The Bertz CT molecular complexity index is 860. The van der Waals surface area contributed by atoms with E-state index >= 15 is 0 Å². The van der Waals surface area contributed by atoms with Crippen LogP contribution in [0, 0.1) is 19.7 Å². The Balaban J connectivity index is 2.13. The fraction of sp³-hybridized carbons (Fsp3) is 0.250. The fourth-order valence-electron chi connectivity index (χ4n) is 2.25. The maximum atomic E-state index is 13.3. The third kappa shape index (κ3) is 2.66. The molecule has 0 atom stereocenters. The summed E-state index contributed by atoms with van der Waals surface area (Å²) in [6.07, 6.45) is 0.755. The third-order valence-corrected chi connectivity index (χ3v) is 4.96. The number of anilines is 2. The molecule has 0 fully saturated rings. The summed E-state index contributed by atoms with van der Waals surface area (Å²) in [6.45, 7) is 6.16. The zero-order valence-corrected chi connectivity index (χ0v) is 14.1. The Morgan fingerprint density at radius 1 is 1.27 bits per heavy atom. The first-order chi connectivity index (χ1) is 10.5. The average Bonchev–Trinajstić information content (AvgIpc) is 2.78. The van der Waals surface area contributed by atoms with Crippen molar-refractivity contribution in [1.82, 2.24) is 9.97 Å². The van der Waals surface area contributed by atoms with E-state index in [1.54, 1.807) is 23.5 Å². The van der Waals surface area contributed by atoms with E-state index in [9.17, 15) is 4.39 Å². The number of aryl methyl sites for hydroxylation is 3. The van der Waals surface area contributed by atoms with Crippen molar-refractivity contribution in [3.63, 3.8) is 0 Å². The lowest BCUT2D eigenvalue weighted by atomic mass is 10.2. The number of hydrogen-bond acceptors (Lipinski definition) is 4. The van der Waals surface area contributed by atoms with Gasteiger partial charge in [-0.2, -0.15) is 0 Å². The molecule has 1 N–H and O–H groups in total. The van der Waals surface area contributed by atoms with Gasteiger partial charge in [-0.05, 0) is 37.6 Å². The molecule has 0 aliphatic carbocycles. The van der Waals surface area contributed by atoms with E-state index in [2.05, 4.69) is 29.1 Å². The zero-order valence-electron chi connectivity index (χ0n) is 12.5. The lowest BCUT2D eigenvalue weighted by Crippen LogP contribution is -2.00. The van der Waals surface area contributed by atoms with Crippen molar-refractivity contribution in [2.45, 2.75) is 27.2 Å². The standard InChI is InChI=1S/C16H15ClFN3S/c1-4-13-20-15(14-8(2)9(3)22-16(14)21-13)19-10-5-6-12(18)11(17)7-10/h5-7H,4H2,1-3H3,(H,19,20,21). The van der Waals surface area contributed by atoms with Gasteiger partial charge in [0.05, 0.1) is 10.4 Å². The molecule has 0 aliphatic heterocycles. The number of fused-ring (bicyclic) bond motifs is 1. The maximum Gasteiger partial charge on any atom is 0.143 e. The fourth-order valence-corrected chi connectivity index (χ4v) is 3.48. The molecule has 0 aliphatic rings. The molecule has 0 spiro atoms. The molecule has 1 aromatic carbocycles.